The Hall–Kier alpha value is -0.260. The highest BCUT2D eigenvalue weighted by Crippen LogP contribution is 2.20. The van der Waals surface area contributed by atoms with E-state index >= 15 is 0 Å². The summed E-state index contributed by atoms with van der Waals surface area (Å²) in [5, 5.41) is 0. The number of hydrogen-bond donors (Lipinski definition) is 0. The van der Waals surface area contributed by atoms with Crippen LogP contribution >= 0.6 is 0 Å². The van der Waals surface area contributed by atoms with Gasteiger partial charge < -0.3 is 0 Å². The number of hydrogen-bond acceptors (Lipinski definition) is 0. The average Bonchev–Trinajstić information content (AvgIpc) is 2.55. The molecule has 0 fully saturated rings. The van der Waals surface area contributed by atoms with Crippen LogP contribution in [-0.4, -0.2) is 0 Å². The molecule has 0 heteroatoms. The van der Waals surface area contributed by atoms with Gasteiger partial charge in [-0.3, -0.25) is 0 Å². The molecule has 0 aliphatic rings. The molecule has 0 saturated heterocycles. The summed E-state index contributed by atoms with van der Waals surface area (Å²) in [6.07, 6.45) is 27.3. The van der Waals surface area contributed by atoms with Crippen molar-refractivity contribution in [1.82, 2.24) is 0 Å². The Labute approximate surface area is 148 Å². The third-order valence-electron chi connectivity index (χ3n) is 5.13. The standard InChI is InChI=1S/C23H45/c1-4-7-8-9-10-11-12-13-14-15-16-17-18-19-22-23(20-5-2)21-6-3/h2,5,23H,4,6-22H2,1,3H3. The zero-order chi connectivity index (χ0) is 17.0. The number of allylic oxidation sites excluding steroid dienone is 1. The third-order valence-corrected chi connectivity index (χ3v) is 5.13. The molecule has 0 saturated carbocycles. The Morgan fingerprint density at radius 3 is 1.39 bits per heavy atom. The molecule has 0 aliphatic heterocycles. The first-order valence-corrected chi connectivity index (χ1v) is 10.9. The van der Waals surface area contributed by atoms with Gasteiger partial charge in [-0.25, -0.2) is 0 Å². The SMILES string of the molecule is [CH]=CCC(CCC)CCCCCCCCCCCCCCCC. The molecular formula is C23H45. The van der Waals surface area contributed by atoms with Gasteiger partial charge in [0.05, 0.1) is 0 Å². The minimum atomic E-state index is 0.849. The smallest absolute Gasteiger partial charge is 0.0319 e. The van der Waals surface area contributed by atoms with Crippen LogP contribution < -0.4 is 0 Å². The lowest BCUT2D eigenvalue weighted by Gasteiger charge is -2.13. The molecule has 23 heavy (non-hydrogen) atoms. The molecule has 0 amide bonds. The predicted molar refractivity (Wildman–Crippen MR) is 107 cm³/mol. The summed E-state index contributed by atoms with van der Waals surface area (Å²) >= 11 is 0. The van der Waals surface area contributed by atoms with Gasteiger partial charge >= 0.3 is 0 Å². The molecular weight excluding hydrogens is 276 g/mol. The van der Waals surface area contributed by atoms with Crippen molar-refractivity contribution >= 4 is 0 Å². The lowest BCUT2D eigenvalue weighted by atomic mass is 9.93. The molecule has 0 aromatic rings. The minimum Gasteiger partial charge on any atom is -0.0843 e. The summed E-state index contributed by atoms with van der Waals surface area (Å²) in [6, 6.07) is 0. The fraction of sp³-hybridized carbons (Fsp3) is 0.913. The maximum Gasteiger partial charge on any atom is -0.0319 e. The summed E-state index contributed by atoms with van der Waals surface area (Å²) < 4.78 is 0. The topological polar surface area (TPSA) is 0 Å². The van der Waals surface area contributed by atoms with E-state index in [-0.39, 0.29) is 0 Å². The van der Waals surface area contributed by atoms with E-state index in [4.69, 9.17) is 6.58 Å². The van der Waals surface area contributed by atoms with E-state index in [0.29, 0.717) is 0 Å². The van der Waals surface area contributed by atoms with Crippen LogP contribution in [-0.2, 0) is 0 Å². The van der Waals surface area contributed by atoms with E-state index < -0.39 is 0 Å². The maximum absolute atomic E-state index is 5.58. The molecule has 1 atom stereocenters. The van der Waals surface area contributed by atoms with E-state index in [1.165, 1.54) is 109 Å². The fourth-order valence-electron chi connectivity index (χ4n) is 3.61. The van der Waals surface area contributed by atoms with Crippen molar-refractivity contribution < 1.29 is 0 Å². The summed E-state index contributed by atoms with van der Waals surface area (Å²) in [5.41, 5.74) is 0. The lowest BCUT2D eigenvalue weighted by molar-refractivity contribution is 0.422. The van der Waals surface area contributed by atoms with Gasteiger partial charge in [0.25, 0.3) is 0 Å². The van der Waals surface area contributed by atoms with Crippen molar-refractivity contribution in [2.24, 2.45) is 5.92 Å². The quantitative estimate of drug-likeness (QED) is 0.209. The Bertz CT molecular complexity index is 218. The minimum absolute atomic E-state index is 0.849. The van der Waals surface area contributed by atoms with Gasteiger partial charge in [0.2, 0.25) is 0 Å². The van der Waals surface area contributed by atoms with Crippen LogP contribution in [0.15, 0.2) is 6.08 Å². The second kappa shape index (κ2) is 19.8. The van der Waals surface area contributed by atoms with Crippen molar-refractivity contribution in [3.05, 3.63) is 12.7 Å². The van der Waals surface area contributed by atoms with Gasteiger partial charge in [-0.1, -0.05) is 136 Å². The molecule has 0 N–H and O–H groups in total. The number of unbranched alkanes of at least 4 members (excludes halogenated alkanes) is 13. The largest absolute Gasteiger partial charge is 0.0843 e. The molecule has 0 nitrogen and oxygen atoms in total. The molecule has 1 unspecified atom stereocenters. The predicted octanol–water partition coefficient (Wildman–Crippen LogP) is 8.65. The third kappa shape index (κ3) is 17.9. The molecule has 137 valence electrons. The van der Waals surface area contributed by atoms with Gasteiger partial charge in [-0.05, 0) is 12.3 Å². The van der Waals surface area contributed by atoms with Crippen molar-refractivity contribution in [1.29, 1.82) is 0 Å². The highest BCUT2D eigenvalue weighted by molar-refractivity contribution is 4.70. The van der Waals surface area contributed by atoms with Gasteiger partial charge in [0.15, 0.2) is 0 Å². The summed E-state index contributed by atoms with van der Waals surface area (Å²) in [6.45, 7) is 10.2. The molecule has 0 bridgehead atoms. The first-order chi connectivity index (χ1) is 11.3. The highest BCUT2D eigenvalue weighted by atomic mass is 14.1. The van der Waals surface area contributed by atoms with Crippen molar-refractivity contribution in [2.45, 2.75) is 129 Å². The van der Waals surface area contributed by atoms with Crippen molar-refractivity contribution in [3.8, 4) is 0 Å². The first-order valence-electron chi connectivity index (χ1n) is 10.9. The second-order valence-electron chi connectivity index (χ2n) is 7.51. The molecule has 0 heterocycles. The molecule has 1 radical (unpaired) electrons. The van der Waals surface area contributed by atoms with E-state index in [9.17, 15) is 0 Å². The Morgan fingerprint density at radius 2 is 1.00 bits per heavy atom. The van der Waals surface area contributed by atoms with E-state index in [2.05, 4.69) is 13.8 Å². The highest BCUT2D eigenvalue weighted by Gasteiger charge is 2.05. The zero-order valence-electron chi connectivity index (χ0n) is 16.5. The molecule has 0 aromatic heterocycles. The van der Waals surface area contributed by atoms with E-state index in [0.717, 1.165) is 12.3 Å². The van der Waals surface area contributed by atoms with Crippen LogP contribution in [0.3, 0.4) is 0 Å². The van der Waals surface area contributed by atoms with Gasteiger partial charge in [0.1, 0.15) is 0 Å². The zero-order valence-corrected chi connectivity index (χ0v) is 16.5. The summed E-state index contributed by atoms with van der Waals surface area (Å²) in [7, 11) is 0. The molecule has 0 spiro atoms. The maximum atomic E-state index is 5.58. The Morgan fingerprint density at radius 1 is 0.565 bits per heavy atom. The molecule has 0 aromatic carbocycles. The van der Waals surface area contributed by atoms with Crippen LogP contribution in [0.5, 0.6) is 0 Å². The summed E-state index contributed by atoms with van der Waals surface area (Å²) in [5.74, 6) is 0.849. The van der Waals surface area contributed by atoms with E-state index in [1.807, 2.05) is 6.08 Å². The number of rotatable bonds is 19. The lowest BCUT2D eigenvalue weighted by Crippen LogP contribution is -1.98. The molecule has 0 rings (SSSR count). The van der Waals surface area contributed by atoms with Crippen LogP contribution in [0.25, 0.3) is 0 Å². The van der Waals surface area contributed by atoms with Crippen molar-refractivity contribution in [3.63, 3.8) is 0 Å². The first kappa shape index (κ1) is 22.7. The fourth-order valence-corrected chi connectivity index (χ4v) is 3.61. The average molecular weight is 322 g/mol. The van der Waals surface area contributed by atoms with Gasteiger partial charge in [-0.2, -0.15) is 0 Å². The van der Waals surface area contributed by atoms with E-state index in [1.54, 1.807) is 0 Å². The van der Waals surface area contributed by atoms with Gasteiger partial charge in [0, 0.05) is 0 Å². The Balaban J connectivity index is 3.16. The summed E-state index contributed by atoms with van der Waals surface area (Å²) in [4.78, 5) is 0. The second-order valence-corrected chi connectivity index (χ2v) is 7.51. The van der Waals surface area contributed by atoms with Crippen LogP contribution in [0, 0.1) is 12.5 Å². The van der Waals surface area contributed by atoms with Crippen LogP contribution in [0.2, 0.25) is 0 Å². The Kier molecular flexibility index (Phi) is 19.6. The monoisotopic (exact) mass is 321 g/mol. The normalized spacial score (nSPS) is 12.4. The van der Waals surface area contributed by atoms with Crippen LogP contribution in [0.4, 0.5) is 0 Å². The van der Waals surface area contributed by atoms with Crippen LogP contribution in [0.1, 0.15) is 129 Å². The van der Waals surface area contributed by atoms with Crippen molar-refractivity contribution in [2.75, 3.05) is 0 Å². The van der Waals surface area contributed by atoms with Gasteiger partial charge in [-0.15, -0.1) is 0 Å². The molecule has 0 aliphatic carbocycles.